The Morgan fingerprint density at radius 1 is 1.53 bits per heavy atom. The van der Waals surface area contributed by atoms with Gasteiger partial charge in [-0.3, -0.25) is 0 Å². The van der Waals surface area contributed by atoms with Crippen molar-refractivity contribution in [3.63, 3.8) is 0 Å². The quantitative estimate of drug-likeness (QED) is 0.827. The Labute approximate surface area is 103 Å². The lowest BCUT2D eigenvalue weighted by atomic mass is 10.2. The topological polar surface area (TPSA) is 33.0 Å². The summed E-state index contributed by atoms with van der Waals surface area (Å²) in [5, 5.41) is 9.63. The van der Waals surface area contributed by atoms with E-state index in [-0.39, 0.29) is 6.61 Å². The van der Waals surface area contributed by atoms with Crippen molar-refractivity contribution in [1.82, 2.24) is 0 Å². The van der Waals surface area contributed by atoms with Gasteiger partial charge in [-0.1, -0.05) is 34.8 Å². The Bertz CT molecular complexity index is 423. The van der Waals surface area contributed by atoms with Crippen LogP contribution in [0, 0.1) is 11.3 Å². The summed E-state index contributed by atoms with van der Waals surface area (Å²) in [7, 11) is 0. The van der Waals surface area contributed by atoms with E-state index in [0.29, 0.717) is 21.4 Å². The Morgan fingerprint density at radius 2 is 2.27 bits per heavy atom. The minimum Gasteiger partial charge on any atom is -0.487 e. The SMILES string of the molecule is N#Cc1ccc(Cl)cc1OC/C(Cl)=C\Cl. The normalized spacial score (nSPS) is 10.9. The molecule has 0 bridgehead atoms. The zero-order chi connectivity index (χ0) is 11.3. The van der Waals surface area contributed by atoms with Gasteiger partial charge in [-0.15, -0.1) is 0 Å². The molecule has 0 spiro atoms. The number of hydrogen-bond donors (Lipinski definition) is 0. The van der Waals surface area contributed by atoms with Crippen molar-refractivity contribution in [2.24, 2.45) is 0 Å². The zero-order valence-electron chi connectivity index (χ0n) is 7.51. The number of ether oxygens (including phenoxy) is 1. The highest BCUT2D eigenvalue weighted by atomic mass is 35.5. The van der Waals surface area contributed by atoms with Crippen LogP contribution in [0.1, 0.15) is 5.56 Å². The first-order valence-corrected chi connectivity index (χ1v) is 5.14. The maximum atomic E-state index is 8.79. The van der Waals surface area contributed by atoms with Gasteiger partial charge in [0, 0.05) is 16.6 Å². The first-order valence-electron chi connectivity index (χ1n) is 3.94. The minimum absolute atomic E-state index is 0.111. The smallest absolute Gasteiger partial charge is 0.139 e. The molecule has 1 aromatic rings. The molecular formula is C10H6Cl3NO. The average molecular weight is 263 g/mol. The molecule has 0 aliphatic rings. The third-order valence-electron chi connectivity index (χ3n) is 1.55. The molecule has 0 N–H and O–H groups in total. The van der Waals surface area contributed by atoms with Crippen LogP contribution < -0.4 is 4.74 Å². The zero-order valence-corrected chi connectivity index (χ0v) is 9.77. The van der Waals surface area contributed by atoms with Gasteiger partial charge in [-0.2, -0.15) is 5.26 Å². The van der Waals surface area contributed by atoms with Crippen molar-refractivity contribution in [3.05, 3.63) is 39.4 Å². The van der Waals surface area contributed by atoms with Gasteiger partial charge < -0.3 is 4.74 Å². The first kappa shape index (κ1) is 12.2. The summed E-state index contributed by atoms with van der Waals surface area (Å²) < 4.78 is 5.27. The number of nitrogens with zero attached hydrogens (tertiary/aromatic N) is 1. The van der Waals surface area contributed by atoms with Crippen molar-refractivity contribution in [2.45, 2.75) is 0 Å². The Kier molecular flexibility index (Phi) is 4.77. The molecule has 0 atom stereocenters. The van der Waals surface area contributed by atoms with Crippen LogP contribution in [0.2, 0.25) is 5.02 Å². The average Bonchev–Trinajstić information content (AvgIpc) is 2.26. The Morgan fingerprint density at radius 3 is 2.87 bits per heavy atom. The molecule has 1 rings (SSSR count). The number of benzene rings is 1. The second kappa shape index (κ2) is 5.87. The summed E-state index contributed by atoms with van der Waals surface area (Å²) in [5.41, 5.74) is 1.61. The molecule has 0 aromatic heterocycles. The monoisotopic (exact) mass is 261 g/mol. The predicted molar refractivity (Wildman–Crippen MR) is 61.5 cm³/mol. The molecule has 2 nitrogen and oxygen atoms in total. The predicted octanol–water partition coefficient (Wildman–Crippen LogP) is 3.91. The van der Waals surface area contributed by atoms with Crippen LogP contribution in [-0.4, -0.2) is 6.61 Å². The Balaban J connectivity index is 2.84. The van der Waals surface area contributed by atoms with E-state index < -0.39 is 0 Å². The number of hydrogen-bond acceptors (Lipinski definition) is 2. The van der Waals surface area contributed by atoms with Crippen LogP contribution >= 0.6 is 34.8 Å². The van der Waals surface area contributed by atoms with Crippen LogP contribution in [0.15, 0.2) is 28.8 Å². The Hall–Kier alpha value is -0.880. The van der Waals surface area contributed by atoms with Gasteiger partial charge in [0.05, 0.1) is 10.6 Å². The van der Waals surface area contributed by atoms with E-state index in [2.05, 4.69) is 0 Å². The molecule has 15 heavy (non-hydrogen) atoms. The van der Waals surface area contributed by atoms with Gasteiger partial charge in [-0.05, 0) is 12.1 Å². The third kappa shape index (κ3) is 3.64. The second-order valence-electron chi connectivity index (χ2n) is 2.60. The molecule has 0 saturated heterocycles. The standard InChI is InChI=1S/C10H6Cl3NO/c11-4-9(13)6-15-10-3-8(12)2-1-7(10)5-14/h1-4H,6H2/b9-4+. The van der Waals surface area contributed by atoms with E-state index >= 15 is 0 Å². The van der Waals surface area contributed by atoms with Crippen LogP contribution in [0.3, 0.4) is 0 Å². The van der Waals surface area contributed by atoms with Crippen molar-refractivity contribution in [1.29, 1.82) is 5.26 Å². The highest BCUT2D eigenvalue weighted by Crippen LogP contribution is 2.23. The van der Waals surface area contributed by atoms with Crippen LogP contribution in [0.5, 0.6) is 5.75 Å². The molecule has 0 fully saturated rings. The molecule has 0 aliphatic heterocycles. The number of nitriles is 1. The van der Waals surface area contributed by atoms with E-state index in [0.717, 1.165) is 0 Å². The van der Waals surface area contributed by atoms with Crippen molar-refractivity contribution >= 4 is 34.8 Å². The van der Waals surface area contributed by atoms with E-state index in [4.69, 9.17) is 44.8 Å². The molecule has 0 aliphatic carbocycles. The minimum atomic E-state index is 0.111. The number of halogens is 3. The molecule has 5 heteroatoms. The molecule has 78 valence electrons. The largest absolute Gasteiger partial charge is 0.487 e. The molecule has 0 unspecified atom stereocenters. The van der Waals surface area contributed by atoms with Gasteiger partial charge in [0.25, 0.3) is 0 Å². The van der Waals surface area contributed by atoms with Crippen LogP contribution in [0.4, 0.5) is 0 Å². The lowest BCUT2D eigenvalue weighted by Gasteiger charge is -2.06. The lowest BCUT2D eigenvalue weighted by Crippen LogP contribution is -1.98. The molecule has 0 heterocycles. The van der Waals surface area contributed by atoms with Crippen molar-refractivity contribution in [3.8, 4) is 11.8 Å². The molecular weight excluding hydrogens is 256 g/mol. The van der Waals surface area contributed by atoms with E-state index in [1.54, 1.807) is 18.2 Å². The highest BCUT2D eigenvalue weighted by molar-refractivity contribution is 6.36. The van der Waals surface area contributed by atoms with Gasteiger partial charge in [0.15, 0.2) is 0 Å². The lowest BCUT2D eigenvalue weighted by molar-refractivity contribution is 0.358. The van der Waals surface area contributed by atoms with Gasteiger partial charge in [-0.25, -0.2) is 0 Å². The maximum Gasteiger partial charge on any atom is 0.139 e. The highest BCUT2D eigenvalue weighted by Gasteiger charge is 2.04. The van der Waals surface area contributed by atoms with Crippen LogP contribution in [0.25, 0.3) is 0 Å². The van der Waals surface area contributed by atoms with E-state index in [1.165, 1.54) is 5.54 Å². The third-order valence-corrected chi connectivity index (χ3v) is 2.38. The van der Waals surface area contributed by atoms with Crippen molar-refractivity contribution < 1.29 is 4.74 Å². The maximum absolute atomic E-state index is 8.79. The summed E-state index contributed by atoms with van der Waals surface area (Å²) in [6.07, 6.45) is 0. The number of rotatable bonds is 3. The molecule has 0 amide bonds. The molecule has 1 aromatic carbocycles. The van der Waals surface area contributed by atoms with E-state index in [1.807, 2.05) is 6.07 Å². The van der Waals surface area contributed by atoms with Gasteiger partial charge in [0.2, 0.25) is 0 Å². The first-order chi connectivity index (χ1) is 7.17. The summed E-state index contributed by atoms with van der Waals surface area (Å²) in [6, 6.07) is 6.74. The summed E-state index contributed by atoms with van der Waals surface area (Å²) in [4.78, 5) is 0. The fraction of sp³-hybridized carbons (Fsp3) is 0.100. The fourth-order valence-electron chi connectivity index (χ4n) is 0.886. The van der Waals surface area contributed by atoms with Crippen LogP contribution in [-0.2, 0) is 0 Å². The molecule has 0 saturated carbocycles. The van der Waals surface area contributed by atoms with E-state index in [9.17, 15) is 0 Å². The van der Waals surface area contributed by atoms with Crippen molar-refractivity contribution in [2.75, 3.05) is 6.61 Å². The fourth-order valence-corrected chi connectivity index (χ4v) is 1.17. The summed E-state index contributed by atoms with van der Waals surface area (Å²) >= 11 is 16.8. The second-order valence-corrected chi connectivity index (χ2v) is 3.74. The summed E-state index contributed by atoms with van der Waals surface area (Å²) in [5.74, 6) is 0.390. The molecule has 0 radical (unpaired) electrons. The summed E-state index contributed by atoms with van der Waals surface area (Å²) in [6.45, 7) is 0.111. The van der Waals surface area contributed by atoms with Gasteiger partial charge in [0.1, 0.15) is 18.4 Å². The van der Waals surface area contributed by atoms with Gasteiger partial charge >= 0.3 is 0 Å².